The van der Waals surface area contributed by atoms with E-state index in [0.29, 0.717) is 10.6 Å². The monoisotopic (exact) mass is 277 g/mol. The van der Waals surface area contributed by atoms with Gasteiger partial charge in [-0.3, -0.25) is 0 Å². The zero-order valence-corrected chi connectivity index (χ0v) is 10.0. The highest BCUT2D eigenvalue weighted by molar-refractivity contribution is 8.13. The van der Waals surface area contributed by atoms with Crippen molar-refractivity contribution in [2.75, 3.05) is 0 Å². The molecule has 1 heterocycles. The van der Waals surface area contributed by atoms with E-state index in [1.807, 2.05) is 0 Å². The number of H-pyrrole nitrogens is 1. The van der Waals surface area contributed by atoms with Crippen LogP contribution in [0.3, 0.4) is 0 Å². The van der Waals surface area contributed by atoms with Crippen molar-refractivity contribution < 1.29 is 8.42 Å². The fourth-order valence-corrected chi connectivity index (χ4v) is 1.77. The summed E-state index contributed by atoms with van der Waals surface area (Å²) < 4.78 is 21.9. The van der Waals surface area contributed by atoms with E-state index in [1.54, 1.807) is 24.3 Å². The third-order valence-corrected chi connectivity index (χ3v) is 3.13. The minimum atomic E-state index is -3.88. The lowest BCUT2D eigenvalue weighted by atomic mass is 10.2. The number of benzene rings is 1. The van der Waals surface area contributed by atoms with Crippen molar-refractivity contribution in [2.24, 2.45) is 0 Å². The normalized spacial score (nSPS) is 11.6. The second kappa shape index (κ2) is 4.04. The molecular formula is C8H5Cl2N3O2S. The van der Waals surface area contributed by atoms with Gasteiger partial charge in [0.15, 0.2) is 5.82 Å². The van der Waals surface area contributed by atoms with Crippen LogP contribution in [0.5, 0.6) is 0 Å². The first kappa shape index (κ1) is 11.4. The summed E-state index contributed by atoms with van der Waals surface area (Å²) in [7, 11) is 1.22. The first-order valence-electron chi connectivity index (χ1n) is 4.10. The largest absolute Gasteiger partial charge is 0.296 e. The molecule has 0 aliphatic heterocycles. The molecule has 0 radical (unpaired) electrons. The number of rotatable bonds is 2. The van der Waals surface area contributed by atoms with Gasteiger partial charge in [0, 0.05) is 21.3 Å². The summed E-state index contributed by atoms with van der Waals surface area (Å²) in [6.45, 7) is 0. The van der Waals surface area contributed by atoms with Crippen molar-refractivity contribution in [3.63, 3.8) is 0 Å². The van der Waals surface area contributed by atoms with E-state index in [0.717, 1.165) is 0 Å². The summed E-state index contributed by atoms with van der Waals surface area (Å²) in [5.41, 5.74) is 0.646. The Bertz CT molecular complexity index is 606. The molecule has 1 N–H and O–H groups in total. The summed E-state index contributed by atoms with van der Waals surface area (Å²) in [5, 5.41) is 6.18. The zero-order valence-electron chi connectivity index (χ0n) is 7.68. The van der Waals surface area contributed by atoms with Crippen molar-refractivity contribution in [3.05, 3.63) is 29.3 Å². The topological polar surface area (TPSA) is 75.7 Å². The van der Waals surface area contributed by atoms with E-state index in [2.05, 4.69) is 15.2 Å². The Morgan fingerprint density at radius 3 is 2.31 bits per heavy atom. The number of nitrogens with zero attached hydrogens (tertiary/aromatic N) is 2. The maximum Gasteiger partial charge on any atom is 0.296 e. The first-order chi connectivity index (χ1) is 7.47. The highest BCUT2D eigenvalue weighted by Gasteiger charge is 2.16. The molecule has 0 saturated carbocycles. The van der Waals surface area contributed by atoms with Crippen LogP contribution in [0.15, 0.2) is 29.4 Å². The highest BCUT2D eigenvalue weighted by Crippen LogP contribution is 2.19. The highest BCUT2D eigenvalue weighted by atomic mass is 35.7. The second-order valence-electron chi connectivity index (χ2n) is 2.91. The maximum atomic E-state index is 10.9. The molecule has 5 nitrogen and oxygen atoms in total. The Kier molecular flexibility index (Phi) is 2.88. The standard InChI is InChI=1S/C8H5Cl2N3O2S/c9-6-3-1-5(2-4-6)7-11-8(13-12-7)16(10,14)15/h1-4H,(H,11,12,13). The number of aromatic amines is 1. The minimum Gasteiger partial charge on any atom is -0.248 e. The molecule has 8 heteroatoms. The Hall–Kier alpha value is -1.11. The molecule has 2 aromatic rings. The van der Waals surface area contributed by atoms with E-state index in [1.165, 1.54) is 0 Å². The lowest BCUT2D eigenvalue weighted by Crippen LogP contribution is -1.92. The van der Waals surface area contributed by atoms with E-state index in [-0.39, 0.29) is 11.0 Å². The summed E-state index contributed by atoms with van der Waals surface area (Å²) in [6, 6.07) is 6.66. The molecule has 0 aliphatic rings. The lowest BCUT2D eigenvalue weighted by Gasteiger charge is -1.93. The van der Waals surface area contributed by atoms with Crippen LogP contribution < -0.4 is 0 Å². The average molecular weight is 278 g/mol. The molecule has 0 unspecified atom stereocenters. The average Bonchev–Trinajstić information content (AvgIpc) is 2.67. The number of aromatic nitrogens is 3. The third kappa shape index (κ3) is 2.34. The molecule has 0 aliphatic carbocycles. The van der Waals surface area contributed by atoms with Crippen molar-refractivity contribution in [3.8, 4) is 11.4 Å². The fraction of sp³-hybridized carbons (Fsp3) is 0. The molecule has 1 aromatic heterocycles. The van der Waals surface area contributed by atoms with E-state index in [9.17, 15) is 8.42 Å². The van der Waals surface area contributed by atoms with Gasteiger partial charge < -0.3 is 0 Å². The van der Waals surface area contributed by atoms with Gasteiger partial charge in [-0.2, -0.15) is 10.1 Å². The Morgan fingerprint density at radius 2 is 1.81 bits per heavy atom. The van der Waals surface area contributed by atoms with Crippen molar-refractivity contribution in [1.29, 1.82) is 0 Å². The molecule has 0 fully saturated rings. The minimum absolute atomic E-state index is 0.246. The van der Waals surface area contributed by atoms with Gasteiger partial charge in [-0.15, -0.1) is 0 Å². The van der Waals surface area contributed by atoms with Crippen LogP contribution in [0.1, 0.15) is 0 Å². The van der Waals surface area contributed by atoms with Gasteiger partial charge in [0.25, 0.3) is 14.2 Å². The molecule has 0 bridgehead atoms. The van der Waals surface area contributed by atoms with Gasteiger partial charge in [0.2, 0.25) is 0 Å². The second-order valence-corrected chi connectivity index (χ2v) is 5.83. The SMILES string of the molecule is O=S(=O)(Cl)c1nc(-c2ccc(Cl)cc2)n[nH]1. The number of hydrogen-bond donors (Lipinski definition) is 1. The summed E-state index contributed by atoms with van der Waals surface area (Å²) in [5.74, 6) is 0.246. The predicted octanol–water partition coefficient (Wildman–Crippen LogP) is 2.05. The molecule has 0 amide bonds. The van der Waals surface area contributed by atoms with Crippen molar-refractivity contribution >= 4 is 31.3 Å². The molecule has 2 rings (SSSR count). The van der Waals surface area contributed by atoms with Crippen LogP contribution in [0.25, 0.3) is 11.4 Å². The summed E-state index contributed by atoms with van der Waals surface area (Å²) >= 11 is 5.71. The van der Waals surface area contributed by atoms with Crippen LogP contribution in [0.4, 0.5) is 0 Å². The van der Waals surface area contributed by atoms with E-state index in [4.69, 9.17) is 22.3 Å². The Balaban J connectivity index is 2.43. The molecule has 0 atom stereocenters. The summed E-state index contributed by atoms with van der Waals surface area (Å²) in [6.07, 6.45) is 0. The van der Waals surface area contributed by atoms with Gasteiger partial charge in [0.1, 0.15) is 0 Å². The van der Waals surface area contributed by atoms with Crippen LogP contribution in [0.2, 0.25) is 5.02 Å². The predicted molar refractivity (Wildman–Crippen MR) is 59.9 cm³/mol. The van der Waals surface area contributed by atoms with Gasteiger partial charge >= 0.3 is 0 Å². The third-order valence-electron chi connectivity index (χ3n) is 1.80. The Morgan fingerprint density at radius 1 is 1.19 bits per heavy atom. The lowest BCUT2D eigenvalue weighted by molar-refractivity contribution is 0.602. The van der Waals surface area contributed by atoms with Crippen molar-refractivity contribution in [2.45, 2.75) is 5.16 Å². The van der Waals surface area contributed by atoms with Gasteiger partial charge in [0.05, 0.1) is 0 Å². The fourth-order valence-electron chi connectivity index (χ4n) is 1.08. The first-order valence-corrected chi connectivity index (χ1v) is 6.78. The van der Waals surface area contributed by atoms with E-state index < -0.39 is 9.05 Å². The molecule has 0 spiro atoms. The molecule has 16 heavy (non-hydrogen) atoms. The zero-order chi connectivity index (χ0) is 11.8. The number of hydrogen-bond acceptors (Lipinski definition) is 4. The van der Waals surface area contributed by atoms with Crippen LogP contribution in [-0.2, 0) is 9.05 Å². The van der Waals surface area contributed by atoms with Crippen LogP contribution in [0, 0.1) is 0 Å². The van der Waals surface area contributed by atoms with E-state index >= 15 is 0 Å². The van der Waals surface area contributed by atoms with Gasteiger partial charge in [-0.1, -0.05) is 11.6 Å². The maximum absolute atomic E-state index is 10.9. The van der Waals surface area contributed by atoms with Crippen molar-refractivity contribution in [1.82, 2.24) is 15.2 Å². The quantitative estimate of drug-likeness (QED) is 0.853. The van der Waals surface area contributed by atoms with Crippen LogP contribution in [-0.4, -0.2) is 23.6 Å². The molecule has 84 valence electrons. The van der Waals surface area contributed by atoms with Gasteiger partial charge in [-0.05, 0) is 24.3 Å². The smallest absolute Gasteiger partial charge is 0.248 e. The molecule has 1 aromatic carbocycles. The number of nitrogens with one attached hydrogen (secondary N) is 1. The molecule has 0 saturated heterocycles. The van der Waals surface area contributed by atoms with Gasteiger partial charge in [-0.25, -0.2) is 13.5 Å². The number of halogens is 2. The Labute approximate surface area is 101 Å². The summed E-state index contributed by atoms with van der Waals surface area (Å²) in [4.78, 5) is 3.75. The van der Waals surface area contributed by atoms with Crippen LogP contribution >= 0.6 is 22.3 Å². The molecular weight excluding hydrogens is 273 g/mol.